The predicted octanol–water partition coefficient (Wildman–Crippen LogP) is 5.05. The van der Waals surface area contributed by atoms with Gasteiger partial charge in [0.15, 0.2) is 0 Å². The maximum atomic E-state index is 13.6. The summed E-state index contributed by atoms with van der Waals surface area (Å²) in [5, 5.41) is 14.4. The van der Waals surface area contributed by atoms with Gasteiger partial charge in [-0.15, -0.1) is 11.3 Å². The Labute approximate surface area is 172 Å². The Morgan fingerprint density at radius 2 is 1.90 bits per heavy atom. The summed E-state index contributed by atoms with van der Waals surface area (Å²) >= 11 is 1.42. The van der Waals surface area contributed by atoms with Gasteiger partial charge in [-0.2, -0.15) is 0 Å². The number of rotatable bonds is 5. The first-order valence-electron chi connectivity index (χ1n) is 9.60. The van der Waals surface area contributed by atoms with E-state index in [0.29, 0.717) is 22.5 Å². The van der Waals surface area contributed by atoms with Crippen LogP contribution >= 0.6 is 11.3 Å². The van der Waals surface area contributed by atoms with Gasteiger partial charge in [0.25, 0.3) is 5.56 Å². The molecule has 0 saturated carbocycles. The number of aliphatic carboxylic acids is 1. The average Bonchev–Trinajstić information content (AvgIpc) is 3.12. The molecule has 0 radical (unpaired) electrons. The summed E-state index contributed by atoms with van der Waals surface area (Å²) in [7, 11) is 0. The van der Waals surface area contributed by atoms with Crippen molar-refractivity contribution >= 4 is 38.3 Å². The lowest BCUT2D eigenvalue weighted by atomic mass is 10.0. The summed E-state index contributed by atoms with van der Waals surface area (Å²) in [5.41, 5.74) is 0.0454. The second-order valence-electron chi connectivity index (χ2n) is 7.67. The zero-order chi connectivity index (χ0) is 20.8. The van der Waals surface area contributed by atoms with Crippen LogP contribution in [0.3, 0.4) is 0 Å². The molecular formula is C23H22N2O3S. The van der Waals surface area contributed by atoms with Crippen molar-refractivity contribution in [3.63, 3.8) is 0 Å². The molecule has 4 rings (SSSR count). The molecule has 5 nitrogen and oxygen atoms in total. The van der Waals surface area contributed by atoms with E-state index in [9.17, 15) is 14.7 Å². The number of benzene rings is 2. The minimum absolute atomic E-state index is 0.296. The van der Waals surface area contributed by atoms with Crippen molar-refractivity contribution in [2.24, 2.45) is 0 Å². The normalized spacial score (nSPS) is 12.0. The van der Waals surface area contributed by atoms with Crippen LogP contribution in [0.5, 0.6) is 0 Å². The molecule has 0 saturated heterocycles. The standard InChI is InChI=1S/C23H22N2O3S/c1-4-7-18-24-20-19(21(26)25(18)23(2,3)22(27)28)17(13-29-20)16-11-10-14-8-5-6-9-15(14)12-16/h5-6,8-13H,4,7H2,1-3H3,(H,27,28). The van der Waals surface area contributed by atoms with Gasteiger partial charge in [-0.05, 0) is 42.7 Å². The molecule has 0 aliphatic heterocycles. The third-order valence-electron chi connectivity index (χ3n) is 5.29. The minimum atomic E-state index is -1.38. The van der Waals surface area contributed by atoms with E-state index in [4.69, 9.17) is 4.98 Å². The van der Waals surface area contributed by atoms with Gasteiger partial charge in [0.1, 0.15) is 16.2 Å². The van der Waals surface area contributed by atoms with Crippen LogP contribution in [0.25, 0.3) is 32.1 Å². The van der Waals surface area contributed by atoms with Crippen LogP contribution in [0.4, 0.5) is 0 Å². The molecule has 0 aliphatic carbocycles. The van der Waals surface area contributed by atoms with Crippen molar-refractivity contribution < 1.29 is 9.90 Å². The molecule has 2 aromatic heterocycles. The van der Waals surface area contributed by atoms with Crippen LogP contribution in [0, 0.1) is 0 Å². The van der Waals surface area contributed by atoms with Gasteiger partial charge in [0.2, 0.25) is 0 Å². The Bertz CT molecular complexity index is 1300. The van der Waals surface area contributed by atoms with Crippen LogP contribution in [0.2, 0.25) is 0 Å². The number of fused-ring (bicyclic) bond motifs is 2. The van der Waals surface area contributed by atoms with Crippen molar-refractivity contribution in [1.82, 2.24) is 9.55 Å². The van der Waals surface area contributed by atoms with Gasteiger partial charge in [0.05, 0.1) is 5.39 Å². The molecule has 0 spiro atoms. The second kappa shape index (κ2) is 7.12. The molecule has 2 aromatic carbocycles. The smallest absolute Gasteiger partial charge is 0.329 e. The van der Waals surface area contributed by atoms with Crippen molar-refractivity contribution in [1.29, 1.82) is 0 Å². The van der Waals surface area contributed by atoms with Crippen LogP contribution in [0.1, 0.15) is 33.0 Å². The first kappa shape index (κ1) is 19.3. The molecule has 0 atom stereocenters. The van der Waals surface area contributed by atoms with Gasteiger partial charge in [-0.25, -0.2) is 9.78 Å². The topological polar surface area (TPSA) is 72.2 Å². The van der Waals surface area contributed by atoms with E-state index in [1.807, 2.05) is 48.7 Å². The molecule has 0 amide bonds. The number of carbonyl (C=O) groups is 1. The molecule has 0 aliphatic rings. The number of carboxylic acids is 1. The van der Waals surface area contributed by atoms with Crippen LogP contribution in [-0.2, 0) is 16.8 Å². The fraction of sp³-hybridized carbons (Fsp3) is 0.261. The Morgan fingerprint density at radius 3 is 2.59 bits per heavy atom. The number of aryl methyl sites for hydroxylation is 1. The summed E-state index contributed by atoms with van der Waals surface area (Å²) in [6.45, 7) is 5.08. The molecule has 2 heterocycles. The van der Waals surface area contributed by atoms with Crippen molar-refractivity contribution in [2.45, 2.75) is 39.2 Å². The molecule has 0 unspecified atom stereocenters. The summed E-state index contributed by atoms with van der Waals surface area (Å²) in [6.07, 6.45) is 1.32. The van der Waals surface area contributed by atoms with Crippen LogP contribution in [-0.4, -0.2) is 20.6 Å². The third-order valence-corrected chi connectivity index (χ3v) is 6.17. The summed E-state index contributed by atoms with van der Waals surface area (Å²) < 4.78 is 1.36. The van der Waals surface area contributed by atoms with Gasteiger partial charge in [-0.3, -0.25) is 9.36 Å². The van der Waals surface area contributed by atoms with E-state index >= 15 is 0 Å². The third kappa shape index (κ3) is 3.13. The summed E-state index contributed by atoms with van der Waals surface area (Å²) in [6, 6.07) is 14.2. The maximum absolute atomic E-state index is 13.6. The number of aromatic nitrogens is 2. The Kier molecular flexibility index (Phi) is 4.74. The van der Waals surface area contributed by atoms with Crippen molar-refractivity contribution in [3.8, 4) is 11.1 Å². The molecule has 0 bridgehead atoms. The van der Waals surface area contributed by atoms with Gasteiger partial charge < -0.3 is 5.11 Å². The van der Waals surface area contributed by atoms with E-state index in [-0.39, 0.29) is 5.56 Å². The molecule has 4 aromatic rings. The Morgan fingerprint density at radius 1 is 1.17 bits per heavy atom. The predicted molar refractivity (Wildman–Crippen MR) is 118 cm³/mol. The Hall–Kier alpha value is -2.99. The number of nitrogens with zero attached hydrogens (tertiary/aromatic N) is 2. The fourth-order valence-electron chi connectivity index (χ4n) is 3.67. The monoisotopic (exact) mass is 406 g/mol. The molecule has 29 heavy (non-hydrogen) atoms. The maximum Gasteiger partial charge on any atom is 0.329 e. The number of hydrogen-bond acceptors (Lipinski definition) is 4. The molecule has 0 fully saturated rings. The first-order chi connectivity index (χ1) is 13.8. The van der Waals surface area contributed by atoms with E-state index in [0.717, 1.165) is 28.3 Å². The number of thiophene rings is 1. The Balaban J connectivity index is 2.02. The van der Waals surface area contributed by atoms with E-state index in [1.165, 1.54) is 15.9 Å². The first-order valence-corrected chi connectivity index (χ1v) is 10.5. The lowest BCUT2D eigenvalue weighted by Crippen LogP contribution is -2.44. The molecule has 148 valence electrons. The lowest BCUT2D eigenvalue weighted by molar-refractivity contribution is -0.146. The van der Waals surface area contributed by atoms with Gasteiger partial charge in [-0.1, -0.05) is 43.3 Å². The quantitative estimate of drug-likeness (QED) is 0.503. The van der Waals surface area contributed by atoms with Crippen LogP contribution < -0.4 is 5.56 Å². The highest BCUT2D eigenvalue weighted by molar-refractivity contribution is 7.17. The van der Waals surface area contributed by atoms with E-state index in [1.54, 1.807) is 13.8 Å². The zero-order valence-corrected chi connectivity index (χ0v) is 17.4. The van der Waals surface area contributed by atoms with Gasteiger partial charge in [0, 0.05) is 17.4 Å². The van der Waals surface area contributed by atoms with Crippen molar-refractivity contribution in [3.05, 3.63) is 64.0 Å². The molecular weight excluding hydrogens is 384 g/mol. The minimum Gasteiger partial charge on any atom is -0.480 e. The highest BCUT2D eigenvalue weighted by Gasteiger charge is 2.34. The number of carboxylic acid groups (broad SMARTS) is 1. The SMILES string of the molecule is CCCc1nc2scc(-c3ccc4ccccc4c3)c2c(=O)n1C(C)(C)C(=O)O. The lowest BCUT2D eigenvalue weighted by Gasteiger charge is -2.25. The van der Waals surface area contributed by atoms with Gasteiger partial charge >= 0.3 is 5.97 Å². The fourth-order valence-corrected chi connectivity index (χ4v) is 4.62. The largest absolute Gasteiger partial charge is 0.480 e. The molecule has 6 heteroatoms. The highest BCUT2D eigenvalue weighted by atomic mass is 32.1. The highest BCUT2D eigenvalue weighted by Crippen LogP contribution is 2.33. The van der Waals surface area contributed by atoms with E-state index < -0.39 is 11.5 Å². The van der Waals surface area contributed by atoms with E-state index in [2.05, 4.69) is 6.07 Å². The van der Waals surface area contributed by atoms with Crippen molar-refractivity contribution in [2.75, 3.05) is 0 Å². The van der Waals surface area contributed by atoms with Crippen LogP contribution in [0.15, 0.2) is 52.6 Å². The number of hydrogen-bond donors (Lipinski definition) is 1. The second-order valence-corrected chi connectivity index (χ2v) is 8.53. The zero-order valence-electron chi connectivity index (χ0n) is 16.6. The summed E-state index contributed by atoms with van der Waals surface area (Å²) in [4.78, 5) is 30.8. The molecule has 1 N–H and O–H groups in total. The summed E-state index contributed by atoms with van der Waals surface area (Å²) in [5.74, 6) is -0.537. The average molecular weight is 407 g/mol.